The van der Waals surface area contributed by atoms with Crippen molar-refractivity contribution in [1.29, 1.82) is 0 Å². The number of hydrogen-bond acceptors (Lipinski definition) is 4. The summed E-state index contributed by atoms with van der Waals surface area (Å²) in [7, 11) is 1.68. The lowest BCUT2D eigenvalue weighted by molar-refractivity contribution is -0.195. The predicted molar refractivity (Wildman–Crippen MR) is 87.4 cm³/mol. The number of methoxy groups -OCH3 is 1. The van der Waals surface area contributed by atoms with Crippen LogP contribution in [0.3, 0.4) is 0 Å². The van der Waals surface area contributed by atoms with Crippen molar-refractivity contribution in [3.63, 3.8) is 0 Å². The molecule has 2 unspecified atom stereocenters. The highest BCUT2D eigenvalue weighted by Crippen LogP contribution is 2.21. The highest BCUT2D eigenvalue weighted by molar-refractivity contribution is 5.27. The average Bonchev–Trinajstić information content (AvgIpc) is 3.09. The molecule has 0 amide bonds. The van der Waals surface area contributed by atoms with Crippen molar-refractivity contribution in [2.45, 2.75) is 44.6 Å². The van der Waals surface area contributed by atoms with Crippen molar-refractivity contribution in [2.75, 3.05) is 13.7 Å². The summed E-state index contributed by atoms with van der Waals surface area (Å²) in [6.45, 7) is 1.52. The summed E-state index contributed by atoms with van der Waals surface area (Å²) in [5.74, 6) is 0.882. The topological polar surface area (TPSA) is 45.5 Å². The molecule has 1 saturated heterocycles. The van der Waals surface area contributed by atoms with E-state index >= 15 is 0 Å². The van der Waals surface area contributed by atoms with E-state index in [4.69, 9.17) is 14.2 Å². The number of nitrogens with zero attached hydrogens (tertiary/aromatic N) is 2. The molecule has 1 aromatic heterocycles. The third kappa shape index (κ3) is 4.81. The van der Waals surface area contributed by atoms with Gasteiger partial charge in [-0.05, 0) is 43.4 Å². The quantitative estimate of drug-likeness (QED) is 0.787. The van der Waals surface area contributed by atoms with Crippen molar-refractivity contribution in [3.05, 3.63) is 48.5 Å². The Kier molecular flexibility index (Phi) is 5.66. The Morgan fingerprint density at radius 2 is 2.13 bits per heavy atom. The van der Waals surface area contributed by atoms with Crippen LogP contribution in [0.2, 0.25) is 0 Å². The van der Waals surface area contributed by atoms with Gasteiger partial charge in [0, 0.05) is 18.9 Å². The second-order valence-electron chi connectivity index (χ2n) is 5.85. The first-order chi connectivity index (χ1) is 11.3. The molecule has 1 fully saturated rings. The van der Waals surface area contributed by atoms with Gasteiger partial charge in [-0.1, -0.05) is 12.1 Å². The molecular weight excluding hydrogens is 292 g/mol. The summed E-state index contributed by atoms with van der Waals surface area (Å²) in [6.07, 6.45) is 9.81. The fourth-order valence-corrected chi connectivity index (χ4v) is 2.85. The number of benzene rings is 1. The number of aromatic nitrogens is 2. The van der Waals surface area contributed by atoms with Crippen LogP contribution in [0, 0.1) is 0 Å². The molecule has 2 atom stereocenters. The third-order valence-corrected chi connectivity index (χ3v) is 4.14. The summed E-state index contributed by atoms with van der Waals surface area (Å²) in [4.78, 5) is 4.07. The largest absolute Gasteiger partial charge is 0.497 e. The summed E-state index contributed by atoms with van der Waals surface area (Å²) in [6, 6.07) is 8.11. The standard InChI is InChI=1S/C18H24N2O3/c1-21-16-7-5-15(6-8-16)9-12-22-18-4-2-3-17(23-18)13-20-11-10-19-14-20/h5-8,10-11,14,17-18H,2-4,9,12-13H2,1H3. The molecule has 1 aliphatic heterocycles. The van der Waals surface area contributed by atoms with E-state index in [9.17, 15) is 0 Å². The lowest BCUT2D eigenvalue weighted by atomic mass is 10.1. The second kappa shape index (κ2) is 8.13. The zero-order chi connectivity index (χ0) is 15.9. The van der Waals surface area contributed by atoms with Crippen LogP contribution in [0.25, 0.3) is 0 Å². The predicted octanol–water partition coefficient (Wildman–Crippen LogP) is 3.05. The fraction of sp³-hybridized carbons (Fsp3) is 0.500. The van der Waals surface area contributed by atoms with Crippen molar-refractivity contribution >= 4 is 0 Å². The van der Waals surface area contributed by atoms with Crippen LogP contribution >= 0.6 is 0 Å². The Morgan fingerprint density at radius 3 is 2.87 bits per heavy atom. The van der Waals surface area contributed by atoms with Gasteiger partial charge in [0.15, 0.2) is 6.29 Å². The minimum atomic E-state index is -0.0875. The lowest BCUT2D eigenvalue weighted by Gasteiger charge is -2.30. The van der Waals surface area contributed by atoms with Crippen molar-refractivity contribution in [3.8, 4) is 5.75 Å². The molecule has 5 heteroatoms. The van der Waals surface area contributed by atoms with Gasteiger partial charge in [0.2, 0.25) is 0 Å². The average molecular weight is 316 g/mol. The molecule has 2 aromatic rings. The van der Waals surface area contributed by atoms with Gasteiger partial charge < -0.3 is 18.8 Å². The van der Waals surface area contributed by atoms with E-state index in [2.05, 4.69) is 21.7 Å². The maximum atomic E-state index is 6.04. The van der Waals surface area contributed by atoms with E-state index in [1.165, 1.54) is 5.56 Å². The van der Waals surface area contributed by atoms with E-state index in [0.29, 0.717) is 6.61 Å². The highest BCUT2D eigenvalue weighted by atomic mass is 16.7. The molecule has 0 spiro atoms. The van der Waals surface area contributed by atoms with Gasteiger partial charge in [-0.2, -0.15) is 0 Å². The molecule has 0 bridgehead atoms. The normalized spacial score (nSPS) is 21.3. The first-order valence-corrected chi connectivity index (χ1v) is 8.19. The highest BCUT2D eigenvalue weighted by Gasteiger charge is 2.22. The van der Waals surface area contributed by atoms with Crippen LogP contribution in [-0.2, 0) is 22.4 Å². The van der Waals surface area contributed by atoms with Crippen LogP contribution in [-0.4, -0.2) is 35.7 Å². The van der Waals surface area contributed by atoms with Gasteiger partial charge >= 0.3 is 0 Å². The zero-order valence-electron chi connectivity index (χ0n) is 13.6. The Labute approximate surface area is 137 Å². The maximum absolute atomic E-state index is 6.04. The lowest BCUT2D eigenvalue weighted by Crippen LogP contribution is -2.32. The van der Waals surface area contributed by atoms with Crippen molar-refractivity contribution in [1.82, 2.24) is 9.55 Å². The third-order valence-electron chi connectivity index (χ3n) is 4.14. The van der Waals surface area contributed by atoms with Gasteiger partial charge in [0.25, 0.3) is 0 Å². The van der Waals surface area contributed by atoms with Gasteiger partial charge in [0.05, 0.1) is 26.1 Å². The molecule has 2 heterocycles. The van der Waals surface area contributed by atoms with Gasteiger partial charge in [0.1, 0.15) is 5.75 Å². The van der Waals surface area contributed by atoms with Crippen LogP contribution in [0.15, 0.2) is 43.0 Å². The molecule has 0 saturated carbocycles. The minimum Gasteiger partial charge on any atom is -0.497 e. The summed E-state index contributed by atoms with van der Waals surface area (Å²) < 4.78 is 19.2. The van der Waals surface area contributed by atoms with Crippen LogP contribution in [0.1, 0.15) is 24.8 Å². The van der Waals surface area contributed by atoms with Crippen LogP contribution in [0.5, 0.6) is 5.75 Å². The molecule has 1 aliphatic rings. The summed E-state index contributed by atoms with van der Waals surface area (Å²) in [5.41, 5.74) is 1.25. The molecule has 1 aromatic carbocycles. The second-order valence-corrected chi connectivity index (χ2v) is 5.85. The Bertz CT molecular complexity index is 568. The van der Waals surface area contributed by atoms with Crippen LogP contribution < -0.4 is 4.74 Å². The fourth-order valence-electron chi connectivity index (χ4n) is 2.85. The van der Waals surface area contributed by atoms with Gasteiger partial charge in [-0.3, -0.25) is 0 Å². The van der Waals surface area contributed by atoms with E-state index in [0.717, 1.165) is 38.0 Å². The Hall–Kier alpha value is -1.85. The van der Waals surface area contributed by atoms with Gasteiger partial charge in [-0.25, -0.2) is 4.98 Å². The molecule has 0 aliphatic carbocycles. The molecule has 124 valence electrons. The first-order valence-electron chi connectivity index (χ1n) is 8.19. The molecule has 5 nitrogen and oxygen atoms in total. The molecule has 23 heavy (non-hydrogen) atoms. The Balaban J connectivity index is 1.40. The van der Waals surface area contributed by atoms with Crippen molar-refractivity contribution < 1.29 is 14.2 Å². The Morgan fingerprint density at radius 1 is 1.26 bits per heavy atom. The molecular formula is C18H24N2O3. The van der Waals surface area contributed by atoms with E-state index < -0.39 is 0 Å². The monoisotopic (exact) mass is 316 g/mol. The molecule has 0 N–H and O–H groups in total. The number of hydrogen-bond donors (Lipinski definition) is 0. The zero-order valence-corrected chi connectivity index (χ0v) is 13.6. The van der Waals surface area contributed by atoms with E-state index in [1.54, 1.807) is 13.3 Å². The van der Waals surface area contributed by atoms with Crippen LogP contribution in [0.4, 0.5) is 0 Å². The minimum absolute atomic E-state index is 0.0875. The molecule has 3 rings (SSSR count). The number of ether oxygens (including phenoxy) is 3. The summed E-state index contributed by atoms with van der Waals surface area (Å²) >= 11 is 0. The molecule has 0 radical (unpaired) electrons. The van der Waals surface area contributed by atoms with Gasteiger partial charge in [-0.15, -0.1) is 0 Å². The number of imidazole rings is 1. The maximum Gasteiger partial charge on any atom is 0.158 e. The van der Waals surface area contributed by atoms with Crippen molar-refractivity contribution in [2.24, 2.45) is 0 Å². The first kappa shape index (κ1) is 16.0. The SMILES string of the molecule is COc1ccc(CCOC2CCCC(Cn3ccnc3)O2)cc1. The summed E-state index contributed by atoms with van der Waals surface area (Å²) in [5, 5.41) is 0. The smallest absolute Gasteiger partial charge is 0.158 e. The van der Waals surface area contributed by atoms with E-state index in [1.807, 2.05) is 24.7 Å². The van der Waals surface area contributed by atoms with E-state index in [-0.39, 0.29) is 12.4 Å². The number of rotatable bonds is 7.